The van der Waals surface area contributed by atoms with E-state index in [1.54, 1.807) is 17.0 Å². The smallest absolute Gasteiger partial charge is 0.169 e. The van der Waals surface area contributed by atoms with E-state index >= 15 is 0 Å². The van der Waals surface area contributed by atoms with E-state index in [0.717, 1.165) is 30.5 Å². The average Bonchev–Trinajstić information content (AvgIpc) is 2.68. The zero-order valence-corrected chi connectivity index (χ0v) is 16.0. The molecule has 3 rings (SSSR count). The lowest BCUT2D eigenvalue weighted by Crippen LogP contribution is -2.36. The molecule has 0 N–H and O–H groups in total. The zero-order valence-electron chi connectivity index (χ0n) is 15.1. The van der Waals surface area contributed by atoms with Gasteiger partial charge in [0.2, 0.25) is 0 Å². The van der Waals surface area contributed by atoms with Crippen molar-refractivity contribution in [1.82, 2.24) is 0 Å². The molecule has 0 aliphatic heterocycles. The summed E-state index contributed by atoms with van der Waals surface area (Å²) in [6.45, 7) is 1.15. The average molecular weight is 382 g/mol. The molecule has 1 aromatic carbocycles. The molecule has 0 unspecified atom stereocenters. The minimum atomic E-state index is -4.46. The number of aromatic nitrogens is 2. The SMILES string of the molecule is O=P([O-])([O-])CC[n+]1ccc(-c2cc[n+](CCCc3ccccc3)cc2)cc1. The third-order valence-electron chi connectivity index (χ3n) is 4.47. The highest BCUT2D eigenvalue weighted by Crippen LogP contribution is 2.21. The second-order valence-corrected chi connectivity index (χ2v) is 8.24. The Morgan fingerprint density at radius 1 is 0.741 bits per heavy atom. The molecule has 27 heavy (non-hydrogen) atoms. The molecule has 0 radical (unpaired) electrons. The van der Waals surface area contributed by atoms with Crippen LogP contribution >= 0.6 is 7.60 Å². The maximum atomic E-state index is 10.7. The van der Waals surface area contributed by atoms with E-state index in [4.69, 9.17) is 0 Å². The molecular weight excluding hydrogens is 359 g/mol. The fourth-order valence-corrected chi connectivity index (χ4v) is 3.42. The van der Waals surface area contributed by atoms with Gasteiger partial charge in [-0.25, -0.2) is 9.13 Å². The Hall–Kier alpha value is -2.33. The van der Waals surface area contributed by atoms with E-state index in [2.05, 4.69) is 53.4 Å². The molecule has 0 spiro atoms. The van der Waals surface area contributed by atoms with Crippen molar-refractivity contribution >= 4 is 7.60 Å². The normalized spacial score (nSPS) is 11.5. The van der Waals surface area contributed by atoms with Gasteiger partial charge in [0.25, 0.3) is 0 Å². The Bertz CT molecular complexity index is 891. The van der Waals surface area contributed by atoms with E-state index in [1.807, 2.05) is 18.2 Å². The number of hydrogen-bond acceptors (Lipinski definition) is 3. The van der Waals surface area contributed by atoms with Crippen molar-refractivity contribution in [2.75, 3.05) is 6.16 Å². The first-order valence-electron chi connectivity index (χ1n) is 9.03. The van der Waals surface area contributed by atoms with E-state index < -0.39 is 7.60 Å². The van der Waals surface area contributed by atoms with Gasteiger partial charge >= 0.3 is 0 Å². The van der Waals surface area contributed by atoms with Crippen molar-refractivity contribution in [2.45, 2.75) is 25.9 Å². The van der Waals surface area contributed by atoms with Crippen LogP contribution in [0.2, 0.25) is 0 Å². The summed E-state index contributed by atoms with van der Waals surface area (Å²) in [6, 6.07) is 18.5. The Kier molecular flexibility index (Phi) is 6.51. The van der Waals surface area contributed by atoms with Crippen LogP contribution in [0, 0.1) is 0 Å². The van der Waals surface area contributed by atoms with Crippen LogP contribution < -0.4 is 18.9 Å². The summed E-state index contributed by atoms with van der Waals surface area (Å²) in [5.74, 6) is 0. The first-order chi connectivity index (χ1) is 13.0. The van der Waals surface area contributed by atoms with Gasteiger partial charge in [-0.3, -0.25) is 0 Å². The Morgan fingerprint density at radius 2 is 1.26 bits per heavy atom. The van der Waals surface area contributed by atoms with Crippen LogP contribution in [0.15, 0.2) is 79.4 Å². The van der Waals surface area contributed by atoms with E-state index in [0.29, 0.717) is 0 Å². The van der Waals surface area contributed by atoms with Crippen LogP contribution in [-0.4, -0.2) is 6.16 Å². The number of benzene rings is 1. The van der Waals surface area contributed by atoms with Gasteiger partial charge in [0.1, 0.15) is 6.54 Å². The summed E-state index contributed by atoms with van der Waals surface area (Å²) < 4.78 is 14.6. The minimum Gasteiger partial charge on any atom is -0.811 e. The summed E-state index contributed by atoms with van der Waals surface area (Å²) in [4.78, 5) is 21.5. The second kappa shape index (κ2) is 9.05. The molecule has 0 aliphatic rings. The molecule has 6 heteroatoms. The predicted molar refractivity (Wildman–Crippen MR) is 99.5 cm³/mol. The summed E-state index contributed by atoms with van der Waals surface area (Å²) in [6.07, 6.45) is 9.53. The van der Waals surface area contributed by atoms with Crippen LogP contribution in [-0.2, 0) is 24.1 Å². The molecule has 2 aromatic heterocycles. The Labute approximate surface area is 159 Å². The minimum absolute atomic E-state index is 0.181. The number of rotatable bonds is 8. The van der Waals surface area contributed by atoms with Gasteiger partial charge in [0.05, 0.1) is 0 Å². The predicted octanol–water partition coefficient (Wildman–Crippen LogP) is 1.48. The molecule has 0 amide bonds. The van der Waals surface area contributed by atoms with Gasteiger partial charge < -0.3 is 14.4 Å². The highest BCUT2D eigenvalue weighted by molar-refractivity contribution is 7.48. The maximum Gasteiger partial charge on any atom is 0.169 e. The molecule has 5 nitrogen and oxygen atoms in total. The molecule has 3 aromatic rings. The zero-order chi connectivity index (χ0) is 19.1. The van der Waals surface area contributed by atoms with Crippen molar-refractivity contribution in [3.05, 3.63) is 84.9 Å². The number of hydrogen-bond donors (Lipinski definition) is 0. The molecular formula is C21H23N2O3P. The van der Waals surface area contributed by atoms with Gasteiger partial charge in [0.15, 0.2) is 31.3 Å². The van der Waals surface area contributed by atoms with Gasteiger partial charge in [0, 0.05) is 36.8 Å². The van der Waals surface area contributed by atoms with E-state index in [1.165, 1.54) is 5.56 Å². The number of pyridine rings is 2. The molecule has 0 aliphatic carbocycles. The summed E-state index contributed by atoms with van der Waals surface area (Å²) in [5, 5.41) is 0. The van der Waals surface area contributed by atoms with Crippen LogP contribution in [0.3, 0.4) is 0 Å². The highest BCUT2D eigenvalue weighted by Gasteiger charge is 2.06. The van der Waals surface area contributed by atoms with Crippen molar-refractivity contribution in [3.8, 4) is 11.1 Å². The number of nitrogens with zero attached hydrogens (tertiary/aromatic N) is 2. The fourth-order valence-electron chi connectivity index (χ4n) is 2.95. The summed E-state index contributed by atoms with van der Waals surface area (Å²) >= 11 is 0. The van der Waals surface area contributed by atoms with E-state index in [9.17, 15) is 14.4 Å². The van der Waals surface area contributed by atoms with Gasteiger partial charge in [-0.05, 0) is 23.1 Å². The van der Waals surface area contributed by atoms with Crippen molar-refractivity contribution in [2.24, 2.45) is 0 Å². The fraction of sp³-hybridized carbons (Fsp3) is 0.238. The Morgan fingerprint density at radius 3 is 1.78 bits per heavy atom. The van der Waals surface area contributed by atoms with Crippen LogP contribution in [0.1, 0.15) is 12.0 Å². The molecule has 0 saturated heterocycles. The maximum absolute atomic E-state index is 10.7. The highest BCUT2D eigenvalue weighted by atomic mass is 31.2. The van der Waals surface area contributed by atoms with E-state index in [-0.39, 0.29) is 12.7 Å². The molecule has 0 bridgehead atoms. The summed E-state index contributed by atoms with van der Waals surface area (Å²) in [7, 11) is -4.46. The van der Waals surface area contributed by atoms with Crippen LogP contribution in [0.4, 0.5) is 0 Å². The van der Waals surface area contributed by atoms with Gasteiger partial charge in [-0.1, -0.05) is 37.9 Å². The quantitative estimate of drug-likeness (QED) is 0.438. The van der Waals surface area contributed by atoms with Crippen LogP contribution in [0.25, 0.3) is 11.1 Å². The third-order valence-corrected chi connectivity index (χ3v) is 5.22. The van der Waals surface area contributed by atoms with Gasteiger partial charge in [-0.2, -0.15) is 0 Å². The first kappa shape index (κ1) is 19.4. The second-order valence-electron chi connectivity index (χ2n) is 6.57. The molecule has 140 valence electrons. The topological polar surface area (TPSA) is 70.9 Å². The lowest BCUT2D eigenvalue weighted by molar-refractivity contribution is -0.697. The third kappa shape index (κ3) is 6.40. The molecule has 0 saturated carbocycles. The van der Waals surface area contributed by atoms with Gasteiger partial charge in [-0.15, -0.1) is 0 Å². The molecule has 0 fully saturated rings. The van der Waals surface area contributed by atoms with Crippen molar-refractivity contribution < 1.29 is 23.5 Å². The van der Waals surface area contributed by atoms with Crippen LogP contribution in [0.5, 0.6) is 0 Å². The Balaban J connectivity index is 1.54. The molecule has 0 atom stereocenters. The van der Waals surface area contributed by atoms with Crippen molar-refractivity contribution in [3.63, 3.8) is 0 Å². The lowest BCUT2D eigenvalue weighted by atomic mass is 10.1. The lowest BCUT2D eigenvalue weighted by Gasteiger charge is -2.27. The monoisotopic (exact) mass is 382 g/mol. The standard InChI is InChI=1S/C21H23N2O3P/c24-27(25,26)18-17-23-15-10-21(11-16-23)20-8-13-22(14-9-20)12-4-7-19-5-2-1-3-6-19/h1-3,5-6,8-11,13-16H,4,7,12,17-18H2. The number of aryl methyl sites for hydroxylation is 3. The largest absolute Gasteiger partial charge is 0.811 e. The van der Waals surface area contributed by atoms with Crippen molar-refractivity contribution in [1.29, 1.82) is 0 Å². The molecule has 2 heterocycles. The first-order valence-corrected chi connectivity index (χ1v) is 10.8. The summed E-state index contributed by atoms with van der Waals surface area (Å²) in [5.41, 5.74) is 3.51.